The molecule has 2 atom stereocenters. The Labute approximate surface area is 157 Å². The number of halogens is 1. The first-order valence-electron chi connectivity index (χ1n) is 8.72. The van der Waals surface area contributed by atoms with Crippen LogP contribution in [0.2, 0.25) is 5.02 Å². The van der Waals surface area contributed by atoms with E-state index in [0.717, 1.165) is 0 Å². The number of amides is 3. The van der Waals surface area contributed by atoms with Crippen molar-refractivity contribution in [1.29, 1.82) is 0 Å². The molecule has 26 heavy (non-hydrogen) atoms. The van der Waals surface area contributed by atoms with Crippen molar-refractivity contribution in [3.63, 3.8) is 0 Å². The van der Waals surface area contributed by atoms with Gasteiger partial charge in [0.15, 0.2) is 0 Å². The van der Waals surface area contributed by atoms with Crippen molar-refractivity contribution in [1.82, 2.24) is 10.2 Å². The van der Waals surface area contributed by atoms with Gasteiger partial charge in [-0.2, -0.15) is 0 Å². The number of carbonyl (C=O) groups is 3. The molecule has 1 aromatic rings. The third kappa shape index (κ3) is 4.07. The number of ether oxygens (including phenoxy) is 1. The van der Waals surface area contributed by atoms with Crippen molar-refractivity contribution < 1.29 is 19.1 Å². The van der Waals surface area contributed by atoms with Crippen LogP contribution in [0.25, 0.3) is 0 Å². The third-order valence-corrected chi connectivity index (χ3v) is 4.99. The minimum absolute atomic E-state index is 0.0937. The van der Waals surface area contributed by atoms with Crippen molar-refractivity contribution in [2.75, 3.05) is 19.7 Å². The van der Waals surface area contributed by atoms with Crippen molar-refractivity contribution in [2.24, 2.45) is 11.8 Å². The highest BCUT2D eigenvalue weighted by Gasteiger charge is 2.46. The minimum atomic E-state index is -0.250. The molecule has 1 aromatic carbocycles. The van der Waals surface area contributed by atoms with E-state index in [4.69, 9.17) is 16.3 Å². The lowest BCUT2D eigenvalue weighted by Crippen LogP contribution is -2.36. The summed E-state index contributed by atoms with van der Waals surface area (Å²) >= 11 is 5.98. The fourth-order valence-electron chi connectivity index (χ4n) is 3.30. The Morgan fingerprint density at radius 2 is 1.81 bits per heavy atom. The molecule has 3 amide bonds. The Morgan fingerprint density at radius 1 is 1.15 bits per heavy atom. The lowest BCUT2D eigenvalue weighted by atomic mass is 9.85. The number of benzene rings is 1. The van der Waals surface area contributed by atoms with Crippen LogP contribution in [0.5, 0.6) is 5.75 Å². The number of carbonyl (C=O) groups excluding carboxylic acids is 3. The number of nitrogens with zero attached hydrogens (tertiary/aromatic N) is 1. The second kappa shape index (κ2) is 8.36. The second-order valence-corrected chi connectivity index (χ2v) is 6.77. The average Bonchev–Trinajstić information content (AvgIpc) is 2.89. The summed E-state index contributed by atoms with van der Waals surface area (Å²) in [5.74, 6) is -0.466. The van der Waals surface area contributed by atoms with Gasteiger partial charge in [-0.05, 0) is 25.0 Å². The van der Waals surface area contributed by atoms with E-state index in [9.17, 15) is 14.4 Å². The smallest absolute Gasteiger partial charge is 0.233 e. The molecule has 0 radical (unpaired) electrons. The van der Waals surface area contributed by atoms with Gasteiger partial charge in [-0.15, -0.1) is 0 Å². The van der Waals surface area contributed by atoms with Crippen molar-refractivity contribution >= 4 is 29.3 Å². The number of fused-ring (bicyclic) bond motifs is 1. The van der Waals surface area contributed by atoms with Crippen LogP contribution in [0, 0.1) is 11.8 Å². The highest BCUT2D eigenvalue weighted by molar-refractivity contribution is 6.32. The number of para-hydroxylation sites is 1. The standard InChI is InChI=1S/C19H21ClN2O4/c20-15-7-3-4-8-16(15)26-12-10-21-17(23)9-11-22-18(24)13-5-1-2-6-14(13)19(22)25/h1-4,7-8,13-14H,5-6,9-12H2,(H,21,23)/t13-,14+. The van der Waals surface area contributed by atoms with Crippen LogP contribution in [-0.4, -0.2) is 42.3 Å². The van der Waals surface area contributed by atoms with Gasteiger partial charge in [-0.1, -0.05) is 35.9 Å². The fraction of sp³-hybridized carbons (Fsp3) is 0.421. The number of nitrogens with one attached hydrogen (secondary N) is 1. The first-order chi connectivity index (χ1) is 12.6. The number of rotatable bonds is 7. The van der Waals surface area contributed by atoms with Crippen LogP contribution in [-0.2, 0) is 14.4 Å². The average molecular weight is 377 g/mol. The van der Waals surface area contributed by atoms with E-state index in [-0.39, 0.29) is 49.1 Å². The first kappa shape index (κ1) is 18.5. The molecule has 1 fully saturated rings. The van der Waals surface area contributed by atoms with Gasteiger partial charge in [0.2, 0.25) is 17.7 Å². The quantitative estimate of drug-likeness (QED) is 0.449. The highest BCUT2D eigenvalue weighted by Crippen LogP contribution is 2.34. The SMILES string of the molecule is O=C(CCN1C(=O)[C@H]2CC=CC[C@H]2C1=O)NCCOc1ccccc1Cl. The maximum absolute atomic E-state index is 12.3. The summed E-state index contributed by atoms with van der Waals surface area (Å²) in [5.41, 5.74) is 0. The molecular formula is C19H21ClN2O4. The van der Waals surface area contributed by atoms with Gasteiger partial charge in [0, 0.05) is 13.0 Å². The largest absolute Gasteiger partial charge is 0.490 e. The van der Waals surface area contributed by atoms with E-state index >= 15 is 0 Å². The van der Waals surface area contributed by atoms with Crippen LogP contribution < -0.4 is 10.1 Å². The van der Waals surface area contributed by atoms with E-state index in [1.165, 1.54) is 4.90 Å². The van der Waals surface area contributed by atoms with Gasteiger partial charge >= 0.3 is 0 Å². The minimum Gasteiger partial charge on any atom is -0.490 e. The lowest BCUT2D eigenvalue weighted by molar-refractivity contribution is -0.140. The summed E-state index contributed by atoms with van der Waals surface area (Å²) < 4.78 is 5.49. The predicted octanol–water partition coefficient (Wildman–Crippen LogP) is 2.18. The Balaban J connectivity index is 1.38. The summed E-state index contributed by atoms with van der Waals surface area (Å²) in [6.07, 6.45) is 5.20. The van der Waals surface area contributed by atoms with E-state index in [1.54, 1.807) is 12.1 Å². The molecule has 1 aliphatic heterocycles. The van der Waals surface area contributed by atoms with Gasteiger partial charge in [-0.3, -0.25) is 19.3 Å². The Kier molecular flexibility index (Phi) is 5.93. The predicted molar refractivity (Wildman–Crippen MR) is 96.6 cm³/mol. The van der Waals surface area contributed by atoms with Crippen LogP contribution in [0.1, 0.15) is 19.3 Å². The number of allylic oxidation sites excluding steroid dienone is 2. The molecule has 0 bridgehead atoms. The third-order valence-electron chi connectivity index (χ3n) is 4.68. The summed E-state index contributed by atoms with van der Waals surface area (Å²) in [5, 5.41) is 3.23. The lowest BCUT2D eigenvalue weighted by Gasteiger charge is -2.14. The van der Waals surface area contributed by atoms with Crippen LogP contribution in [0.4, 0.5) is 0 Å². The first-order valence-corrected chi connectivity index (χ1v) is 9.10. The molecule has 7 heteroatoms. The zero-order chi connectivity index (χ0) is 18.5. The van der Waals surface area contributed by atoms with E-state index in [1.807, 2.05) is 24.3 Å². The van der Waals surface area contributed by atoms with E-state index < -0.39 is 0 Å². The molecule has 3 rings (SSSR count). The molecule has 1 aliphatic carbocycles. The molecular weight excluding hydrogens is 356 g/mol. The maximum atomic E-state index is 12.3. The van der Waals surface area contributed by atoms with Gasteiger partial charge in [0.1, 0.15) is 12.4 Å². The zero-order valence-electron chi connectivity index (χ0n) is 14.3. The van der Waals surface area contributed by atoms with Gasteiger partial charge in [0.05, 0.1) is 23.4 Å². The molecule has 0 saturated carbocycles. The van der Waals surface area contributed by atoms with Crippen molar-refractivity contribution in [2.45, 2.75) is 19.3 Å². The number of likely N-dealkylation sites (tertiary alicyclic amines) is 1. The Hall–Kier alpha value is -2.34. The summed E-state index contributed by atoms with van der Waals surface area (Å²) in [7, 11) is 0. The Morgan fingerprint density at radius 3 is 2.46 bits per heavy atom. The van der Waals surface area contributed by atoms with Gasteiger partial charge in [0.25, 0.3) is 0 Å². The van der Waals surface area contributed by atoms with Gasteiger partial charge in [-0.25, -0.2) is 0 Å². The summed E-state index contributed by atoms with van der Waals surface area (Å²) in [6, 6.07) is 7.11. The Bertz CT molecular complexity index is 708. The van der Waals surface area contributed by atoms with Crippen LogP contribution in [0.3, 0.4) is 0 Å². The van der Waals surface area contributed by atoms with E-state index in [0.29, 0.717) is 30.2 Å². The molecule has 1 saturated heterocycles. The van der Waals surface area contributed by atoms with Crippen LogP contribution in [0.15, 0.2) is 36.4 Å². The normalized spacial score (nSPS) is 21.7. The number of hydrogen-bond acceptors (Lipinski definition) is 4. The van der Waals surface area contributed by atoms with E-state index in [2.05, 4.69) is 5.32 Å². The molecule has 1 N–H and O–H groups in total. The number of imide groups is 1. The summed E-state index contributed by atoms with van der Waals surface area (Å²) in [4.78, 5) is 37.8. The molecule has 138 valence electrons. The maximum Gasteiger partial charge on any atom is 0.233 e. The zero-order valence-corrected chi connectivity index (χ0v) is 15.1. The monoisotopic (exact) mass is 376 g/mol. The fourth-order valence-corrected chi connectivity index (χ4v) is 3.49. The van der Waals surface area contributed by atoms with Crippen molar-refractivity contribution in [3.8, 4) is 5.75 Å². The molecule has 0 spiro atoms. The second-order valence-electron chi connectivity index (χ2n) is 6.36. The number of hydrogen-bond donors (Lipinski definition) is 1. The van der Waals surface area contributed by atoms with Crippen LogP contribution >= 0.6 is 11.6 Å². The molecule has 6 nitrogen and oxygen atoms in total. The topological polar surface area (TPSA) is 75.7 Å². The summed E-state index contributed by atoms with van der Waals surface area (Å²) in [6.45, 7) is 0.732. The molecule has 2 aliphatic rings. The molecule has 1 heterocycles. The molecule has 0 aromatic heterocycles. The molecule has 0 unspecified atom stereocenters. The highest BCUT2D eigenvalue weighted by atomic mass is 35.5. The van der Waals surface area contributed by atoms with Crippen molar-refractivity contribution in [3.05, 3.63) is 41.4 Å². The van der Waals surface area contributed by atoms with Gasteiger partial charge < -0.3 is 10.1 Å².